The molecular weight excluding hydrogens is 440 g/mol. The highest BCUT2D eigenvalue weighted by Gasteiger charge is 2.23. The number of fused-ring (bicyclic) bond motifs is 1. The Labute approximate surface area is 196 Å². The molecule has 8 nitrogen and oxygen atoms in total. The number of amides is 1. The lowest BCUT2D eigenvalue weighted by atomic mass is 10.1. The molecule has 1 aromatic heterocycles. The molecular formula is C24H26N4O4S. The number of carbonyl (C=O) groups is 1. The molecule has 2 aliphatic rings. The molecule has 0 radical (unpaired) electrons. The number of nitrogens with zero attached hydrogens (tertiary/aromatic N) is 4. The van der Waals surface area contributed by atoms with Crippen LogP contribution in [0.1, 0.15) is 11.5 Å². The summed E-state index contributed by atoms with van der Waals surface area (Å²) in [4.78, 5) is 22.4. The van der Waals surface area contributed by atoms with Crippen LogP contribution in [0.3, 0.4) is 0 Å². The first-order valence-corrected chi connectivity index (χ1v) is 12.1. The van der Waals surface area contributed by atoms with Gasteiger partial charge < -0.3 is 18.9 Å². The molecule has 0 spiro atoms. The summed E-state index contributed by atoms with van der Waals surface area (Å²) < 4.78 is 16.6. The zero-order chi connectivity index (χ0) is 22.6. The van der Waals surface area contributed by atoms with Gasteiger partial charge in [0.1, 0.15) is 13.2 Å². The zero-order valence-electron chi connectivity index (χ0n) is 18.5. The Kier molecular flexibility index (Phi) is 6.50. The summed E-state index contributed by atoms with van der Waals surface area (Å²) in [5.74, 6) is 3.28. The Bertz CT molecular complexity index is 1130. The maximum Gasteiger partial charge on any atom is 0.241 e. The van der Waals surface area contributed by atoms with Crippen molar-refractivity contribution < 1.29 is 18.8 Å². The maximum atomic E-state index is 12.7. The van der Waals surface area contributed by atoms with Gasteiger partial charge in [-0.15, -0.1) is 11.8 Å². The van der Waals surface area contributed by atoms with E-state index in [-0.39, 0.29) is 5.91 Å². The number of carbonyl (C=O) groups excluding carboxylic acids is 1. The van der Waals surface area contributed by atoms with Crippen molar-refractivity contribution in [3.05, 3.63) is 53.9 Å². The van der Waals surface area contributed by atoms with E-state index in [9.17, 15) is 4.79 Å². The smallest absolute Gasteiger partial charge is 0.241 e. The summed E-state index contributed by atoms with van der Waals surface area (Å²) >= 11 is 1.53. The number of ether oxygens (including phenoxy) is 2. The Morgan fingerprint density at radius 1 is 1.03 bits per heavy atom. The minimum absolute atomic E-state index is 0.147. The fourth-order valence-electron chi connectivity index (χ4n) is 3.95. The molecule has 0 aliphatic carbocycles. The van der Waals surface area contributed by atoms with Crippen molar-refractivity contribution in [3.63, 3.8) is 0 Å². The summed E-state index contributed by atoms with van der Waals surface area (Å²) in [5.41, 5.74) is 2.10. The third-order valence-corrected chi connectivity index (χ3v) is 6.79. The lowest BCUT2D eigenvalue weighted by molar-refractivity contribution is -0.130. The normalized spacial score (nSPS) is 16.1. The minimum Gasteiger partial charge on any atom is -0.486 e. The Morgan fingerprint density at radius 2 is 1.82 bits per heavy atom. The van der Waals surface area contributed by atoms with Gasteiger partial charge in [-0.2, -0.15) is 4.98 Å². The number of hydrogen-bond acceptors (Lipinski definition) is 8. The SMILES string of the molecule is Cc1ccccc1-c1noc(CN2CCN(C(=O)CSc3ccc4c(c3)OCCO4)CC2)n1. The average molecular weight is 467 g/mol. The topological polar surface area (TPSA) is 80.9 Å². The molecule has 1 fully saturated rings. The summed E-state index contributed by atoms with van der Waals surface area (Å²) in [6.45, 7) is 6.70. The van der Waals surface area contributed by atoms with Crippen molar-refractivity contribution in [2.45, 2.75) is 18.4 Å². The quantitative estimate of drug-likeness (QED) is 0.512. The van der Waals surface area contributed by atoms with Crippen LogP contribution in [0.4, 0.5) is 0 Å². The lowest BCUT2D eigenvalue weighted by Crippen LogP contribution is -2.48. The first-order valence-electron chi connectivity index (χ1n) is 11.1. The molecule has 3 heterocycles. The molecule has 0 atom stereocenters. The zero-order valence-corrected chi connectivity index (χ0v) is 19.3. The van der Waals surface area contributed by atoms with E-state index in [1.54, 1.807) is 0 Å². The van der Waals surface area contributed by atoms with Gasteiger partial charge in [0.05, 0.1) is 12.3 Å². The van der Waals surface area contributed by atoms with Crippen molar-refractivity contribution in [1.82, 2.24) is 19.9 Å². The van der Waals surface area contributed by atoms with Gasteiger partial charge in [-0.3, -0.25) is 9.69 Å². The van der Waals surface area contributed by atoms with E-state index in [2.05, 4.69) is 15.0 Å². The highest BCUT2D eigenvalue weighted by molar-refractivity contribution is 8.00. The van der Waals surface area contributed by atoms with E-state index in [0.717, 1.165) is 40.6 Å². The average Bonchev–Trinajstić information content (AvgIpc) is 3.31. The Hall–Kier alpha value is -3.04. The maximum absolute atomic E-state index is 12.7. The molecule has 0 bridgehead atoms. The standard InChI is InChI=1S/C24H26N4O4S/c1-17-4-2-3-5-19(17)24-25-22(32-26-24)15-27-8-10-28(11-9-27)23(29)16-33-18-6-7-20-21(14-18)31-13-12-30-20/h2-7,14H,8-13,15-16H2,1H3. The largest absolute Gasteiger partial charge is 0.486 e. The van der Waals surface area contributed by atoms with E-state index in [1.807, 2.05) is 54.3 Å². The van der Waals surface area contributed by atoms with Crippen molar-refractivity contribution in [2.75, 3.05) is 45.1 Å². The molecule has 9 heteroatoms. The van der Waals surface area contributed by atoms with E-state index in [0.29, 0.717) is 50.3 Å². The lowest BCUT2D eigenvalue weighted by Gasteiger charge is -2.33. The Morgan fingerprint density at radius 3 is 2.64 bits per heavy atom. The molecule has 3 aromatic rings. The van der Waals surface area contributed by atoms with Crippen LogP contribution in [0.15, 0.2) is 51.9 Å². The predicted molar refractivity (Wildman–Crippen MR) is 124 cm³/mol. The molecule has 33 heavy (non-hydrogen) atoms. The van der Waals surface area contributed by atoms with Gasteiger partial charge >= 0.3 is 0 Å². The molecule has 2 aliphatic heterocycles. The molecule has 0 N–H and O–H groups in total. The number of hydrogen-bond donors (Lipinski definition) is 0. The fourth-order valence-corrected chi connectivity index (χ4v) is 4.78. The van der Waals surface area contributed by atoms with Gasteiger partial charge in [0.2, 0.25) is 17.6 Å². The van der Waals surface area contributed by atoms with Crippen molar-refractivity contribution in [2.24, 2.45) is 0 Å². The van der Waals surface area contributed by atoms with E-state index >= 15 is 0 Å². The molecule has 0 unspecified atom stereocenters. The number of benzene rings is 2. The summed E-state index contributed by atoms with van der Waals surface area (Å²) in [7, 11) is 0. The van der Waals surface area contributed by atoms with Gasteiger partial charge in [-0.05, 0) is 30.7 Å². The van der Waals surface area contributed by atoms with Crippen LogP contribution in [0, 0.1) is 6.92 Å². The van der Waals surface area contributed by atoms with Crippen LogP contribution in [0.2, 0.25) is 0 Å². The van der Waals surface area contributed by atoms with Gasteiger partial charge in [-0.1, -0.05) is 29.4 Å². The second-order valence-electron chi connectivity index (χ2n) is 8.08. The van der Waals surface area contributed by atoms with Crippen LogP contribution in [0.25, 0.3) is 11.4 Å². The van der Waals surface area contributed by atoms with E-state index < -0.39 is 0 Å². The molecule has 1 saturated heterocycles. The number of aromatic nitrogens is 2. The third-order valence-electron chi connectivity index (χ3n) is 5.81. The van der Waals surface area contributed by atoms with Crippen molar-refractivity contribution >= 4 is 17.7 Å². The molecule has 5 rings (SSSR count). The first-order chi connectivity index (χ1) is 16.2. The highest BCUT2D eigenvalue weighted by atomic mass is 32.2. The number of thioether (sulfide) groups is 1. The predicted octanol–water partition coefficient (Wildman–Crippen LogP) is 3.25. The monoisotopic (exact) mass is 466 g/mol. The van der Waals surface area contributed by atoms with Crippen LogP contribution in [-0.4, -0.2) is 71.0 Å². The molecule has 172 valence electrons. The van der Waals surface area contributed by atoms with Gasteiger partial charge in [0.25, 0.3) is 0 Å². The summed E-state index contributed by atoms with van der Waals surface area (Å²) in [6.07, 6.45) is 0. The van der Waals surface area contributed by atoms with Crippen molar-refractivity contribution in [1.29, 1.82) is 0 Å². The highest BCUT2D eigenvalue weighted by Crippen LogP contribution is 2.34. The Balaban J connectivity index is 1.09. The van der Waals surface area contributed by atoms with Gasteiger partial charge in [0.15, 0.2) is 11.5 Å². The van der Waals surface area contributed by atoms with E-state index in [4.69, 9.17) is 14.0 Å². The van der Waals surface area contributed by atoms with Gasteiger partial charge in [0, 0.05) is 36.6 Å². The summed E-state index contributed by atoms with van der Waals surface area (Å²) in [5, 5.41) is 4.14. The third kappa shape index (κ3) is 5.15. The van der Waals surface area contributed by atoms with Crippen LogP contribution in [0.5, 0.6) is 11.5 Å². The molecule has 0 saturated carbocycles. The van der Waals surface area contributed by atoms with Crippen molar-refractivity contribution in [3.8, 4) is 22.9 Å². The molecule has 1 amide bonds. The molecule has 2 aromatic carbocycles. The van der Waals surface area contributed by atoms with Crippen LogP contribution in [-0.2, 0) is 11.3 Å². The summed E-state index contributed by atoms with van der Waals surface area (Å²) in [6, 6.07) is 13.8. The van der Waals surface area contributed by atoms with Gasteiger partial charge in [-0.25, -0.2) is 0 Å². The second kappa shape index (κ2) is 9.84. The fraction of sp³-hybridized carbons (Fsp3) is 0.375. The van der Waals surface area contributed by atoms with Crippen LogP contribution < -0.4 is 9.47 Å². The first kappa shape index (κ1) is 21.8. The minimum atomic E-state index is 0.147. The number of rotatable bonds is 6. The number of piperazine rings is 1. The van der Waals surface area contributed by atoms with E-state index in [1.165, 1.54) is 11.8 Å². The second-order valence-corrected chi connectivity index (χ2v) is 9.13. The number of aryl methyl sites for hydroxylation is 1. The van der Waals surface area contributed by atoms with Crippen LogP contribution >= 0.6 is 11.8 Å².